The third kappa shape index (κ3) is 2.47. The number of para-hydroxylation sites is 1. The lowest BCUT2D eigenvalue weighted by atomic mass is 10.3. The number of rotatable bonds is 2. The van der Waals surface area contributed by atoms with Gasteiger partial charge in [-0.15, -0.1) is 0 Å². The summed E-state index contributed by atoms with van der Waals surface area (Å²) in [6.45, 7) is 1.56. The molecule has 1 aromatic rings. The van der Waals surface area contributed by atoms with E-state index in [0.717, 1.165) is 8.95 Å². The standard InChI is InChI=1S/C8H8Br2O2/c1-5(11)12-8-6(9)3-2-4-7(8)10/h2-5,11H,1H3. The van der Waals surface area contributed by atoms with Crippen LogP contribution in [0, 0.1) is 0 Å². The molecule has 2 nitrogen and oxygen atoms in total. The molecule has 0 spiro atoms. The zero-order chi connectivity index (χ0) is 9.14. The SMILES string of the molecule is CC(O)Oc1c(Br)cccc1Br. The van der Waals surface area contributed by atoms with Gasteiger partial charge in [-0.1, -0.05) is 6.07 Å². The molecule has 0 saturated heterocycles. The normalized spacial score (nSPS) is 12.7. The smallest absolute Gasteiger partial charge is 0.194 e. The Morgan fingerprint density at radius 3 is 2.25 bits per heavy atom. The Balaban J connectivity index is 2.96. The number of ether oxygens (including phenoxy) is 1. The van der Waals surface area contributed by atoms with E-state index in [4.69, 9.17) is 9.84 Å². The van der Waals surface area contributed by atoms with Crippen molar-refractivity contribution in [3.8, 4) is 5.75 Å². The van der Waals surface area contributed by atoms with E-state index < -0.39 is 6.29 Å². The number of hydrogen-bond donors (Lipinski definition) is 1. The zero-order valence-electron chi connectivity index (χ0n) is 6.42. The second-order valence-electron chi connectivity index (χ2n) is 2.27. The Morgan fingerprint density at radius 2 is 1.83 bits per heavy atom. The molecule has 1 unspecified atom stereocenters. The minimum absolute atomic E-state index is 0.618. The van der Waals surface area contributed by atoms with Gasteiger partial charge in [0.15, 0.2) is 12.0 Å². The molecule has 0 aliphatic rings. The second kappa shape index (κ2) is 4.25. The molecule has 66 valence electrons. The van der Waals surface area contributed by atoms with Crippen LogP contribution in [0.5, 0.6) is 5.75 Å². The van der Waals surface area contributed by atoms with Crippen LogP contribution in [0.15, 0.2) is 27.1 Å². The van der Waals surface area contributed by atoms with E-state index in [0.29, 0.717) is 5.75 Å². The van der Waals surface area contributed by atoms with Crippen LogP contribution in [0.1, 0.15) is 6.92 Å². The molecule has 0 aliphatic carbocycles. The number of benzene rings is 1. The fourth-order valence-corrected chi connectivity index (χ4v) is 1.95. The maximum Gasteiger partial charge on any atom is 0.194 e. The summed E-state index contributed by atoms with van der Waals surface area (Å²) in [4.78, 5) is 0. The number of aliphatic hydroxyl groups excluding tert-OH is 1. The van der Waals surface area contributed by atoms with Crippen molar-refractivity contribution >= 4 is 31.9 Å². The van der Waals surface area contributed by atoms with Crippen molar-refractivity contribution in [2.24, 2.45) is 0 Å². The van der Waals surface area contributed by atoms with E-state index in [-0.39, 0.29) is 0 Å². The van der Waals surface area contributed by atoms with Gasteiger partial charge in [0.2, 0.25) is 0 Å². The maximum atomic E-state index is 8.99. The quantitative estimate of drug-likeness (QED) is 0.850. The van der Waals surface area contributed by atoms with Gasteiger partial charge in [-0.2, -0.15) is 0 Å². The van der Waals surface area contributed by atoms with Crippen molar-refractivity contribution in [3.05, 3.63) is 27.1 Å². The number of aliphatic hydroxyl groups is 1. The molecule has 1 atom stereocenters. The first-order valence-electron chi connectivity index (χ1n) is 3.40. The lowest BCUT2D eigenvalue weighted by Crippen LogP contribution is -2.10. The van der Waals surface area contributed by atoms with Gasteiger partial charge in [-0.25, -0.2) is 0 Å². The average molecular weight is 296 g/mol. The van der Waals surface area contributed by atoms with Crippen molar-refractivity contribution in [3.63, 3.8) is 0 Å². The van der Waals surface area contributed by atoms with E-state index in [1.807, 2.05) is 18.2 Å². The van der Waals surface area contributed by atoms with Gasteiger partial charge in [0.05, 0.1) is 8.95 Å². The number of halogens is 2. The minimum atomic E-state index is -0.806. The van der Waals surface area contributed by atoms with E-state index in [1.165, 1.54) is 0 Å². The summed E-state index contributed by atoms with van der Waals surface area (Å²) < 4.78 is 6.77. The molecular formula is C8H8Br2O2. The van der Waals surface area contributed by atoms with Crippen LogP contribution in [-0.4, -0.2) is 11.4 Å². The van der Waals surface area contributed by atoms with Crippen LogP contribution in [0.25, 0.3) is 0 Å². The minimum Gasteiger partial charge on any atom is -0.463 e. The highest BCUT2D eigenvalue weighted by atomic mass is 79.9. The fraction of sp³-hybridized carbons (Fsp3) is 0.250. The van der Waals surface area contributed by atoms with Crippen molar-refractivity contribution < 1.29 is 9.84 Å². The molecule has 0 amide bonds. The molecule has 0 fully saturated rings. The molecule has 1 rings (SSSR count). The summed E-state index contributed by atoms with van der Waals surface area (Å²) in [5.74, 6) is 0.618. The van der Waals surface area contributed by atoms with Gasteiger partial charge in [-0.05, 0) is 50.9 Å². The Morgan fingerprint density at radius 1 is 1.33 bits per heavy atom. The van der Waals surface area contributed by atoms with Crippen molar-refractivity contribution in [1.29, 1.82) is 0 Å². The van der Waals surface area contributed by atoms with Gasteiger partial charge >= 0.3 is 0 Å². The summed E-state index contributed by atoms with van der Waals surface area (Å²) in [5.41, 5.74) is 0. The maximum absolute atomic E-state index is 8.99. The van der Waals surface area contributed by atoms with Gasteiger partial charge < -0.3 is 9.84 Å². The molecule has 0 radical (unpaired) electrons. The predicted molar refractivity (Wildman–Crippen MR) is 54.2 cm³/mol. The third-order valence-electron chi connectivity index (χ3n) is 1.21. The van der Waals surface area contributed by atoms with Gasteiger partial charge in [-0.3, -0.25) is 0 Å². The molecule has 0 aliphatic heterocycles. The van der Waals surface area contributed by atoms with Gasteiger partial charge in [0, 0.05) is 0 Å². The van der Waals surface area contributed by atoms with Crippen LogP contribution >= 0.6 is 31.9 Å². The topological polar surface area (TPSA) is 29.5 Å². The molecule has 12 heavy (non-hydrogen) atoms. The lowest BCUT2D eigenvalue weighted by molar-refractivity contribution is -0.00143. The van der Waals surface area contributed by atoms with Crippen LogP contribution in [0.3, 0.4) is 0 Å². The lowest BCUT2D eigenvalue weighted by Gasteiger charge is -2.11. The van der Waals surface area contributed by atoms with E-state index in [1.54, 1.807) is 6.92 Å². The summed E-state index contributed by atoms with van der Waals surface area (Å²) in [5, 5.41) is 8.99. The molecule has 0 saturated carbocycles. The van der Waals surface area contributed by atoms with Gasteiger partial charge in [0.1, 0.15) is 0 Å². The van der Waals surface area contributed by atoms with Crippen molar-refractivity contribution in [1.82, 2.24) is 0 Å². The first-order chi connectivity index (χ1) is 5.61. The van der Waals surface area contributed by atoms with Crippen molar-refractivity contribution in [2.75, 3.05) is 0 Å². The first kappa shape index (κ1) is 10.0. The van der Waals surface area contributed by atoms with Crippen LogP contribution in [0.4, 0.5) is 0 Å². The van der Waals surface area contributed by atoms with Crippen LogP contribution in [0.2, 0.25) is 0 Å². The Bertz CT molecular complexity index is 254. The largest absolute Gasteiger partial charge is 0.463 e. The van der Waals surface area contributed by atoms with Gasteiger partial charge in [0.25, 0.3) is 0 Å². The second-order valence-corrected chi connectivity index (χ2v) is 3.98. The summed E-state index contributed by atoms with van der Waals surface area (Å²) in [6.07, 6.45) is -0.806. The molecule has 4 heteroatoms. The first-order valence-corrected chi connectivity index (χ1v) is 4.98. The highest BCUT2D eigenvalue weighted by Gasteiger charge is 2.07. The Kier molecular flexibility index (Phi) is 3.55. The molecular weight excluding hydrogens is 288 g/mol. The highest BCUT2D eigenvalue weighted by molar-refractivity contribution is 9.11. The monoisotopic (exact) mass is 294 g/mol. The van der Waals surface area contributed by atoms with Crippen LogP contribution in [-0.2, 0) is 0 Å². The Hall–Kier alpha value is -0.0600. The molecule has 0 heterocycles. The number of hydrogen-bond acceptors (Lipinski definition) is 2. The molecule has 1 N–H and O–H groups in total. The molecule has 0 aromatic heterocycles. The molecule has 0 bridgehead atoms. The predicted octanol–water partition coefficient (Wildman–Crippen LogP) is 2.93. The summed E-state index contributed by atoms with van der Waals surface area (Å²) >= 11 is 6.62. The molecule has 1 aromatic carbocycles. The highest BCUT2D eigenvalue weighted by Crippen LogP contribution is 2.33. The average Bonchev–Trinajstić information content (AvgIpc) is 1.97. The van der Waals surface area contributed by atoms with Crippen molar-refractivity contribution in [2.45, 2.75) is 13.2 Å². The summed E-state index contributed by atoms with van der Waals surface area (Å²) in [7, 11) is 0. The van der Waals surface area contributed by atoms with E-state index in [9.17, 15) is 0 Å². The Labute approximate surface area is 87.8 Å². The fourth-order valence-electron chi connectivity index (χ4n) is 0.766. The van der Waals surface area contributed by atoms with Crippen LogP contribution < -0.4 is 4.74 Å². The van der Waals surface area contributed by atoms with E-state index >= 15 is 0 Å². The third-order valence-corrected chi connectivity index (χ3v) is 2.46. The zero-order valence-corrected chi connectivity index (χ0v) is 9.59. The summed E-state index contributed by atoms with van der Waals surface area (Å²) in [6, 6.07) is 5.58. The van der Waals surface area contributed by atoms with E-state index in [2.05, 4.69) is 31.9 Å².